The molecule has 10 amide bonds. The van der Waals surface area contributed by atoms with Crippen LogP contribution in [-0.4, -0.2) is 298 Å². The smallest absolute Gasteiger partial charge is 0.407 e. The fourth-order valence-corrected chi connectivity index (χ4v) is 19.5. The molecule has 11 rings (SSSR count). The summed E-state index contributed by atoms with van der Waals surface area (Å²) in [7, 11) is -4.15. The molecule has 0 bridgehead atoms. The van der Waals surface area contributed by atoms with Crippen LogP contribution in [0, 0.1) is 34.5 Å². The van der Waals surface area contributed by atoms with E-state index in [9.17, 15) is 61.5 Å². The number of rotatable bonds is 62. The van der Waals surface area contributed by atoms with E-state index in [-0.39, 0.29) is 198 Å². The second kappa shape index (κ2) is 55.6. The minimum Gasteiger partial charge on any atom is -0.445 e. The predicted molar refractivity (Wildman–Crippen MR) is 513 cm³/mol. The predicted octanol–water partition coefficient (Wildman–Crippen LogP) is 5.67. The van der Waals surface area contributed by atoms with E-state index in [1.54, 1.807) is 59.8 Å². The molecule has 3 saturated carbocycles. The van der Waals surface area contributed by atoms with Gasteiger partial charge in [0.25, 0.3) is 10.1 Å². The summed E-state index contributed by atoms with van der Waals surface area (Å²) in [6.45, 7) is 13.8. The van der Waals surface area contributed by atoms with E-state index in [0.717, 1.165) is 40.8 Å². The number of carbonyl (C=O) groups is 11. The SMILES string of the molecule is CCCC1O[C@@H]2C[C@H]3[C@@H]4CCC5=CC(=O)C=C[C@]5(C)[C@H]4[C@@H](O)C[C@]3(C)[C@]2(C(=O)COC(Cc2ccccc2)NC(=O)CNC(=O)OCc2ccc(NC(=O)[C@H](CCCNC(N)=O)NC(=O)[C@@H](NC(=O)CCOCCOCCOCCOCCOCCNC(=O)CCC(=O)N3Cc4ccccc4-c4c(nnn4CCOCCOCCOCCOCCC(=O)NCCS(=O)(=O)O)-c4ccccc43)C(C)C)cc2)O1. The zero-order chi connectivity index (χ0) is 101. The van der Waals surface area contributed by atoms with Gasteiger partial charge in [0.05, 0.1) is 161 Å². The van der Waals surface area contributed by atoms with Crippen molar-refractivity contribution in [3.05, 3.63) is 144 Å². The molecule has 1 saturated heterocycles. The van der Waals surface area contributed by atoms with Crippen LogP contribution in [-0.2, 0) is 141 Å². The van der Waals surface area contributed by atoms with Gasteiger partial charge >= 0.3 is 12.1 Å². The molecule has 141 heavy (non-hydrogen) atoms. The number of aliphatic hydroxyl groups is 1. The van der Waals surface area contributed by atoms with Crippen LogP contribution in [0.4, 0.5) is 21.0 Å². The number of ether oxygens (including phenoxy) is 13. The number of carbonyl (C=O) groups excluding carboxylic acids is 11. The molecule has 4 aliphatic carbocycles. The van der Waals surface area contributed by atoms with Gasteiger partial charge in [-0.2, -0.15) is 8.42 Å². The van der Waals surface area contributed by atoms with Crippen molar-refractivity contribution in [2.45, 2.75) is 180 Å². The number of hydrogen-bond acceptors (Lipinski definition) is 29. The molecule has 12 atom stereocenters. The molecule has 0 radical (unpaired) electrons. The number of nitrogens with two attached hydrogens (primary N) is 1. The first-order valence-electron chi connectivity index (χ1n) is 48.4. The van der Waals surface area contributed by atoms with Crippen molar-refractivity contribution in [1.82, 2.24) is 52.2 Å². The number of allylic oxidation sites excluding steroid dienone is 4. The van der Waals surface area contributed by atoms with E-state index < -0.39 is 130 Å². The Labute approximate surface area is 821 Å². The number of alkyl carbamates (subject to hydrolysis) is 1. The summed E-state index contributed by atoms with van der Waals surface area (Å²) in [5, 5.41) is 42.7. The maximum atomic E-state index is 15.2. The summed E-state index contributed by atoms with van der Waals surface area (Å²) in [5.41, 5.74) is 9.56. The maximum absolute atomic E-state index is 15.2. The van der Waals surface area contributed by atoms with E-state index in [1.165, 1.54) is 0 Å². The molecule has 0 spiro atoms. The molecule has 2 aliphatic heterocycles. The van der Waals surface area contributed by atoms with Crippen LogP contribution in [0.15, 0.2) is 127 Å². The molecule has 1 aromatic heterocycles. The summed E-state index contributed by atoms with van der Waals surface area (Å²) >= 11 is 0. The van der Waals surface area contributed by atoms with Gasteiger partial charge in [-0.3, -0.25) is 47.7 Å². The zero-order valence-electron chi connectivity index (χ0n) is 80.9. The van der Waals surface area contributed by atoms with Crippen molar-refractivity contribution in [1.29, 1.82) is 0 Å². The number of aliphatic hydroxyl groups excluding tert-OH is 1. The number of hydrogen-bond donors (Lipinski definition) is 11. The van der Waals surface area contributed by atoms with Gasteiger partial charge in [-0.25, -0.2) is 14.3 Å². The quantitative estimate of drug-likeness (QED) is 0.0127. The van der Waals surface area contributed by atoms with Crippen molar-refractivity contribution >= 4 is 86.5 Å². The average Bonchev–Trinajstić information content (AvgIpc) is 1.51. The molecule has 5 aromatic rings. The van der Waals surface area contributed by atoms with Gasteiger partial charge in [0, 0.05) is 85.3 Å². The fraction of sp³-hybridized carbons (Fsp3) is 0.586. The lowest BCUT2D eigenvalue weighted by molar-refractivity contribution is -0.202. The number of para-hydroxylation sites is 1. The molecule has 4 fully saturated rings. The minimum atomic E-state index is -4.15. The van der Waals surface area contributed by atoms with Gasteiger partial charge in [0.1, 0.15) is 43.8 Å². The van der Waals surface area contributed by atoms with Crippen molar-refractivity contribution in [3.63, 3.8) is 0 Å². The lowest BCUT2D eigenvalue weighted by Crippen LogP contribution is -2.64. The molecule has 42 heteroatoms. The summed E-state index contributed by atoms with van der Waals surface area (Å²) < 4.78 is 108. The molecule has 4 aromatic carbocycles. The molecule has 3 heterocycles. The first-order chi connectivity index (χ1) is 68.0. The highest BCUT2D eigenvalue weighted by Gasteiger charge is 2.76. The third-order valence-corrected chi connectivity index (χ3v) is 26.7. The van der Waals surface area contributed by atoms with Crippen molar-refractivity contribution in [2.75, 3.05) is 168 Å². The molecule has 6 aliphatic rings. The number of Topliss-reactive ketones (excluding diaryl/α,β-unsaturated/α-hetero) is 1. The highest BCUT2D eigenvalue weighted by atomic mass is 32.2. The Hall–Kier alpha value is -10.9. The van der Waals surface area contributed by atoms with E-state index in [2.05, 4.69) is 59.8 Å². The molecule has 2 unspecified atom stereocenters. The topological polar surface area (TPSA) is 539 Å². The highest BCUT2D eigenvalue weighted by molar-refractivity contribution is 7.85. The summed E-state index contributed by atoms with van der Waals surface area (Å²) in [4.78, 5) is 148. The number of nitrogens with zero attached hydrogens (tertiary/aromatic N) is 4. The number of fused-ring (bicyclic) bond motifs is 12. The number of amides is 10. The maximum Gasteiger partial charge on any atom is 0.407 e. The Kier molecular flexibility index (Phi) is 43.6. The van der Waals surface area contributed by atoms with Crippen molar-refractivity contribution < 1.29 is 132 Å². The van der Waals surface area contributed by atoms with Gasteiger partial charge in [-0.15, -0.1) is 5.10 Å². The van der Waals surface area contributed by atoms with E-state index in [1.807, 2.05) is 98.8 Å². The Morgan fingerprint density at radius 2 is 1.26 bits per heavy atom. The Bertz CT molecular complexity index is 5150. The standard InChI is InChI=1S/C99H137N13O28S/c1-6-15-88-139-81-60-76-74-28-25-70-59-72(113)31-34-97(70,4)89(74)79(114)61-98(76,5)99(81,140-88)80(115)65-137-86(58-67-16-8-7-9-17-67)107-85(119)62-104-96(124)138-64-68-23-26-71(27-24-68)105-93(121)77(21-14-35-103-95(100)123)106-94(122)90(66(2)3)108-84(118)33-40-129-44-48-133-52-55-136-56-53-134-49-45-130-41-36-101-82(116)29-30-87(120)111-63-69-18-10-11-19-73(69)92-91(75-20-12-13-22-78(75)111)109-110-112(92)38-42-131-46-50-135-54-51-132-47-43-128-39-32-83(117)102-37-57-141(125,126)127/h7-13,16-20,22-24,26-27,31,34,59,66,74,76-77,79,81,86,88-90,114H,6,14-15,21,25,28-30,32-33,35-58,60-65H2,1-5H3,(H,101,116)(H,102,117)(H,104,124)(H,105,121)(H,106,122)(H,107,119)(H,108,118)(H3,100,103,123)(H,125,126,127)/t74-,76-,77-,79-,81+,86?,88?,89+,90-,97-,98-,99+/m0/s1. The normalized spacial score (nSPS) is 21.0. The third kappa shape index (κ3) is 32.5. The lowest BCUT2D eigenvalue weighted by Gasteiger charge is -2.59. The zero-order valence-corrected chi connectivity index (χ0v) is 81.7. The lowest BCUT2D eigenvalue weighted by atomic mass is 9.46. The number of ketones is 2. The van der Waals surface area contributed by atoms with Crippen molar-refractivity contribution in [2.24, 2.45) is 40.2 Å². The van der Waals surface area contributed by atoms with Crippen LogP contribution in [0.1, 0.15) is 128 Å². The molecule has 772 valence electrons. The number of benzene rings is 4. The van der Waals surface area contributed by atoms with E-state index in [4.69, 9.17) is 71.9 Å². The van der Waals surface area contributed by atoms with Crippen LogP contribution in [0.2, 0.25) is 0 Å². The molecule has 41 nitrogen and oxygen atoms in total. The Morgan fingerprint density at radius 3 is 1.91 bits per heavy atom. The van der Waals surface area contributed by atoms with Crippen molar-refractivity contribution in [3.8, 4) is 22.5 Å². The van der Waals surface area contributed by atoms with Gasteiger partial charge in [-0.05, 0) is 110 Å². The minimum absolute atomic E-state index is 0.00818. The molecular formula is C99H137N13O28S. The Balaban J connectivity index is 0.513. The first kappa shape index (κ1) is 110. The largest absolute Gasteiger partial charge is 0.445 e. The summed E-state index contributed by atoms with van der Waals surface area (Å²) in [6, 6.07) is 27.9. The second-order valence-corrected chi connectivity index (χ2v) is 37.8. The monoisotopic (exact) mass is 1990 g/mol. The third-order valence-electron chi connectivity index (χ3n) is 26.0. The van der Waals surface area contributed by atoms with Crippen LogP contribution < -0.4 is 53.2 Å². The number of nitrogens with one attached hydrogen (secondary N) is 8. The Morgan fingerprint density at radius 1 is 0.645 bits per heavy atom. The summed E-state index contributed by atoms with van der Waals surface area (Å²) in [5.74, 6) is -4.88. The molecule has 12 N–H and O–H groups in total. The van der Waals surface area contributed by atoms with Gasteiger partial charge < -0.3 is 120 Å². The van der Waals surface area contributed by atoms with Gasteiger partial charge in [0.2, 0.25) is 41.4 Å². The van der Waals surface area contributed by atoms with Crippen LogP contribution in [0.5, 0.6) is 0 Å². The van der Waals surface area contributed by atoms with E-state index in [0.29, 0.717) is 100 Å². The van der Waals surface area contributed by atoms with Crippen LogP contribution in [0.25, 0.3) is 22.5 Å². The molecular weight excluding hydrogens is 1850 g/mol. The number of aromatic nitrogens is 3. The number of urea groups is 1. The first-order valence-corrected chi connectivity index (χ1v) is 50.0. The summed E-state index contributed by atoms with van der Waals surface area (Å²) in [6.07, 6.45) is 5.10. The van der Waals surface area contributed by atoms with Crippen LogP contribution in [0.3, 0.4) is 0 Å². The number of anilines is 2. The van der Waals surface area contributed by atoms with Crippen LogP contribution >= 0.6 is 0 Å². The average molecular weight is 1990 g/mol. The van der Waals surface area contributed by atoms with E-state index >= 15 is 4.79 Å². The van der Waals surface area contributed by atoms with Gasteiger partial charge in [-0.1, -0.05) is 143 Å². The van der Waals surface area contributed by atoms with Gasteiger partial charge in [0.15, 0.2) is 23.5 Å². The number of primary amides is 1. The highest BCUT2D eigenvalue weighted by Crippen LogP contribution is 2.70. The second-order valence-electron chi connectivity index (χ2n) is 36.2. The fourth-order valence-electron chi connectivity index (χ4n) is 19.1.